The monoisotopic (exact) mass is 161 g/mol. The minimum Gasteiger partial charge on any atom is -0.371 e. The lowest BCUT2D eigenvalue weighted by Gasteiger charge is -2.27. The predicted octanol–water partition coefficient (Wildman–Crippen LogP) is 1.12. The first kappa shape index (κ1) is 8.05. The molecule has 0 aromatic heterocycles. The van der Waals surface area contributed by atoms with E-state index in [2.05, 4.69) is 5.32 Å². The number of hydrogen-bond donors (Lipinski definition) is 1. The van der Waals surface area contributed by atoms with Crippen molar-refractivity contribution in [1.29, 1.82) is 0 Å². The Morgan fingerprint density at radius 1 is 1.80 bits per heavy atom. The Labute approximate surface area is 66.2 Å². The summed E-state index contributed by atoms with van der Waals surface area (Å²) in [5, 5.41) is 3.13. The van der Waals surface area contributed by atoms with Crippen LogP contribution in [-0.4, -0.2) is 25.8 Å². The summed E-state index contributed by atoms with van der Waals surface area (Å²) in [5.41, 5.74) is 2.64. The highest BCUT2D eigenvalue weighted by Gasteiger charge is 2.16. The minimum absolute atomic E-state index is 0.409. The maximum atomic E-state index is 5.44. The predicted molar refractivity (Wildman–Crippen MR) is 42.2 cm³/mol. The van der Waals surface area contributed by atoms with Crippen LogP contribution in [0.5, 0.6) is 0 Å². The maximum absolute atomic E-state index is 5.44. The second-order valence-corrected chi connectivity index (χ2v) is 2.76. The zero-order valence-electron chi connectivity index (χ0n) is 6.06. The SMILES string of the molecule is C/C(=C\Cl)COC1CNC1. The molecule has 0 atom stereocenters. The molecule has 1 fully saturated rings. The molecule has 0 aliphatic carbocycles. The quantitative estimate of drug-likeness (QED) is 0.670. The summed E-state index contributed by atoms with van der Waals surface area (Å²) in [6.45, 7) is 4.58. The highest BCUT2D eigenvalue weighted by atomic mass is 35.5. The van der Waals surface area contributed by atoms with Crippen LogP contribution in [0.15, 0.2) is 11.1 Å². The second-order valence-electron chi connectivity index (χ2n) is 2.55. The molecular weight excluding hydrogens is 150 g/mol. The number of nitrogens with one attached hydrogen (secondary N) is 1. The van der Waals surface area contributed by atoms with Crippen LogP contribution in [0.1, 0.15) is 6.92 Å². The second kappa shape index (κ2) is 3.96. The summed E-state index contributed by atoms with van der Waals surface area (Å²) in [6, 6.07) is 0. The van der Waals surface area contributed by atoms with Crippen LogP contribution in [0.2, 0.25) is 0 Å². The molecular formula is C7H12ClNO. The van der Waals surface area contributed by atoms with Crippen molar-refractivity contribution in [3.8, 4) is 0 Å². The van der Waals surface area contributed by atoms with Crippen LogP contribution in [0.3, 0.4) is 0 Å². The van der Waals surface area contributed by atoms with E-state index in [-0.39, 0.29) is 0 Å². The van der Waals surface area contributed by atoms with Crippen LogP contribution >= 0.6 is 11.6 Å². The van der Waals surface area contributed by atoms with Crippen LogP contribution in [0.25, 0.3) is 0 Å². The smallest absolute Gasteiger partial charge is 0.0827 e. The number of ether oxygens (including phenoxy) is 1. The largest absolute Gasteiger partial charge is 0.371 e. The molecule has 1 aliphatic heterocycles. The molecule has 10 heavy (non-hydrogen) atoms. The van der Waals surface area contributed by atoms with Gasteiger partial charge >= 0.3 is 0 Å². The zero-order valence-corrected chi connectivity index (χ0v) is 6.82. The van der Waals surface area contributed by atoms with Crippen molar-refractivity contribution in [2.24, 2.45) is 0 Å². The normalized spacial score (nSPS) is 20.8. The molecule has 0 radical (unpaired) electrons. The lowest BCUT2D eigenvalue weighted by molar-refractivity contribution is 0.0327. The average molecular weight is 162 g/mol. The van der Waals surface area contributed by atoms with Gasteiger partial charge < -0.3 is 10.1 Å². The lowest BCUT2D eigenvalue weighted by atomic mass is 10.2. The van der Waals surface area contributed by atoms with Crippen molar-refractivity contribution in [2.45, 2.75) is 13.0 Å². The molecule has 0 unspecified atom stereocenters. The fourth-order valence-corrected chi connectivity index (χ4v) is 0.724. The van der Waals surface area contributed by atoms with Crippen LogP contribution in [0.4, 0.5) is 0 Å². The fraction of sp³-hybridized carbons (Fsp3) is 0.714. The van der Waals surface area contributed by atoms with Gasteiger partial charge in [0.05, 0.1) is 12.7 Å². The third kappa shape index (κ3) is 2.29. The van der Waals surface area contributed by atoms with Gasteiger partial charge in [0, 0.05) is 18.6 Å². The lowest BCUT2D eigenvalue weighted by Crippen LogP contribution is -2.48. The van der Waals surface area contributed by atoms with E-state index in [1.54, 1.807) is 5.54 Å². The van der Waals surface area contributed by atoms with Crippen LogP contribution in [-0.2, 0) is 4.74 Å². The van der Waals surface area contributed by atoms with Gasteiger partial charge in [-0.1, -0.05) is 11.6 Å². The molecule has 0 saturated carbocycles. The van der Waals surface area contributed by atoms with Crippen molar-refractivity contribution < 1.29 is 4.74 Å². The number of halogens is 1. The van der Waals surface area contributed by atoms with Gasteiger partial charge in [-0.3, -0.25) is 0 Å². The van der Waals surface area contributed by atoms with Crippen LogP contribution < -0.4 is 5.32 Å². The first-order valence-corrected chi connectivity index (χ1v) is 3.84. The van der Waals surface area contributed by atoms with Gasteiger partial charge in [0.2, 0.25) is 0 Å². The summed E-state index contributed by atoms with van der Waals surface area (Å²) < 4.78 is 5.42. The Hall–Kier alpha value is -0.0500. The molecule has 0 aromatic rings. The Morgan fingerprint density at radius 3 is 2.90 bits per heavy atom. The molecule has 0 amide bonds. The molecule has 1 heterocycles. The molecule has 58 valence electrons. The van der Waals surface area contributed by atoms with Crippen molar-refractivity contribution >= 4 is 11.6 Å². The van der Waals surface area contributed by atoms with E-state index < -0.39 is 0 Å². The molecule has 1 N–H and O–H groups in total. The Morgan fingerprint density at radius 2 is 2.50 bits per heavy atom. The summed E-state index contributed by atoms with van der Waals surface area (Å²) in [4.78, 5) is 0. The highest BCUT2D eigenvalue weighted by Crippen LogP contribution is 2.02. The average Bonchev–Trinajstić information content (AvgIpc) is 1.84. The summed E-state index contributed by atoms with van der Waals surface area (Å²) in [7, 11) is 0. The Bertz CT molecular complexity index is 132. The highest BCUT2D eigenvalue weighted by molar-refractivity contribution is 6.25. The summed E-state index contributed by atoms with van der Waals surface area (Å²) in [6.07, 6.45) is 0.409. The fourth-order valence-electron chi connectivity index (χ4n) is 0.661. The van der Waals surface area contributed by atoms with E-state index in [0.717, 1.165) is 18.7 Å². The van der Waals surface area contributed by atoms with Gasteiger partial charge in [0.25, 0.3) is 0 Å². The van der Waals surface area contributed by atoms with E-state index in [9.17, 15) is 0 Å². The first-order chi connectivity index (χ1) is 4.83. The van der Waals surface area contributed by atoms with E-state index in [1.807, 2.05) is 6.92 Å². The topological polar surface area (TPSA) is 21.3 Å². The van der Waals surface area contributed by atoms with E-state index >= 15 is 0 Å². The minimum atomic E-state index is 0.409. The van der Waals surface area contributed by atoms with Crippen molar-refractivity contribution in [2.75, 3.05) is 19.7 Å². The van der Waals surface area contributed by atoms with E-state index in [1.165, 1.54) is 0 Å². The van der Waals surface area contributed by atoms with Crippen molar-refractivity contribution in [1.82, 2.24) is 5.32 Å². The molecule has 3 heteroatoms. The van der Waals surface area contributed by atoms with Crippen LogP contribution in [0, 0.1) is 0 Å². The third-order valence-corrected chi connectivity index (χ3v) is 1.85. The molecule has 1 saturated heterocycles. The van der Waals surface area contributed by atoms with Crippen molar-refractivity contribution in [3.05, 3.63) is 11.1 Å². The van der Waals surface area contributed by atoms with Gasteiger partial charge in [-0.05, 0) is 12.5 Å². The van der Waals surface area contributed by atoms with Gasteiger partial charge in [0.1, 0.15) is 0 Å². The molecule has 2 nitrogen and oxygen atoms in total. The van der Waals surface area contributed by atoms with E-state index in [0.29, 0.717) is 12.7 Å². The van der Waals surface area contributed by atoms with Gasteiger partial charge in [-0.15, -0.1) is 0 Å². The van der Waals surface area contributed by atoms with Gasteiger partial charge in [0.15, 0.2) is 0 Å². The number of rotatable bonds is 3. The zero-order chi connectivity index (χ0) is 7.40. The van der Waals surface area contributed by atoms with Crippen molar-refractivity contribution in [3.63, 3.8) is 0 Å². The van der Waals surface area contributed by atoms with Gasteiger partial charge in [-0.25, -0.2) is 0 Å². The molecule has 0 spiro atoms. The Balaban J connectivity index is 2.04. The maximum Gasteiger partial charge on any atom is 0.0827 e. The molecule has 0 aromatic carbocycles. The number of hydrogen-bond acceptors (Lipinski definition) is 2. The standard InChI is InChI=1S/C7H12ClNO/c1-6(2-8)5-10-7-3-9-4-7/h2,7,9H,3-5H2,1H3/b6-2+. The molecule has 0 bridgehead atoms. The molecule has 1 rings (SSSR count). The Kier molecular flexibility index (Phi) is 3.19. The summed E-state index contributed by atoms with van der Waals surface area (Å²) in [5.74, 6) is 0. The first-order valence-electron chi connectivity index (χ1n) is 3.41. The van der Waals surface area contributed by atoms with E-state index in [4.69, 9.17) is 16.3 Å². The summed E-state index contributed by atoms with van der Waals surface area (Å²) >= 11 is 5.44. The molecule has 1 aliphatic rings. The van der Waals surface area contributed by atoms with Gasteiger partial charge in [-0.2, -0.15) is 0 Å². The third-order valence-electron chi connectivity index (χ3n) is 1.48.